The number of ether oxygens (including phenoxy) is 1. The van der Waals surface area contributed by atoms with Crippen molar-refractivity contribution in [1.82, 2.24) is 10.1 Å². The van der Waals surface area contributed by atoms with Gasteiger partial charge >= 0.3 is 0 Å². The maximum absolute atomic E-state index is 9.42. The minimum absolute atomic E-state index is 0.179. The Balaban J connectivity index is 2.18. The molecule has 0 amide bonds. The summed E-state index contributed by atoms with van der Waals surface area (Å²) in [7, 11) is 1.56. The number of hydrogen-bond acceptors (Lipinski definition) is 7. The molecule has 0 aliphatic rings. The van der Waals surface area contributed by atoms with Crippen molar-refractivity contribution in [2.45, 2.75) is 12.5 Å². The molecule has 0 aliphatic carbocycles. The molecule has 1 aromatic heterocycles. The van der Waals surface area contributed by atoms with E-state index < -0.39 is 0 Å². The predicted molar refractivity (Wildman–Crippen MR) is 66.6 cm³/mol. The first-order valence-electron chi connectivity index (χ1n) is 5.72. The summed E-state index contributed by atoms with van der Waals surface area (Å²) in [6, 6.07) is 4.31. The van der Waals surface area contributed by atoms with E-state index in [1.54, 1.807) is 13.2 Å². The van der Waals surface area contributed by atoms with Crippen molar-refractivity contribution in [3.05, 3.63) is 24.1 Å². The first-order chi connectivity index (χ1) is 9.13. The van der Waals surface area contributed by atoms with Crippen molar-refractivity contribution >= 4 is 0 Å². The molecule has 2 aromatic rings. The summed E-state index contributed by atoms with van der Waals surface area (Å²) in [5.41, 5.74) is 6.06. The first kappa shape index (κ1) is 13.3. The highest BCUT2D eigenvalue weighted by molar-refractivity contribution is 5.59. The van der Waals surface area contributed by atoms with Gasteiger partial charge in [-0.05, 0) is 18.2 Å². The van der Waals surface area contributed by atoms with E-state index in [0.717, 1.165) is 0 Å². The predicted octanol–water partition coefficient (Wildman–Crippen LogP) is 0.664. The molecule has 0 radical (unpaired) electrons. The smallest absolute Gasteiger partial charge is 0.229 e. The van der Waals surface area contributed by atoms with Gasteiger partial charge in [-0.1, -0.05) is 5.16 Å². The number of benzene rings is 1. The molecular weight excluding hydrogens is 250 g/mol. The molecule has 1 heterocycles. The molecule has 7 nitrogen and oxygen atoms in total. The van der Waals surface area contributed by atoms with Crippen molar-refractivity contribution in [3.63, 3.8) is 0 Å². The lowest BCUT2D eigenvalue weighted by Gasteiger charge is -2.08. The summed E-state index contributed by atoms with van der Waals surface area (Å²) in [6.45, 7) is 0.355. The second-order valence-corrected chi connectivity index (χ2v) is 4.01. The maximum Gasteiger partial charge on any atom is 0.229 e. The van der Waals surface area contributed by atoms with E-state index in [-0.39, 0.29) is 17.6 Å². The van der Waals surface area contributed by atoms with Crippen molar-refractivity contribution in [2.75, 3.05) is 13.7 Å². The number of rotatable bonds is 5. The van der Waals surface area contributed by atoms with Gasteiger partial charge in [0.1, 0.15) is 0 Å². The number of aromatic nitrogens is 2. The number of phenolic OH excluding ortho intramolecular Hbond substituents is 2. The topological polar surface area (TPSA) is 115 Å². The van der Waals surface area contributed by atoms with Crippen molar-refractivity contribution in [3.8, 4) is 22.9 Å². The molecule has 4 N–H and O–H groups in total. The Kier molecular flexibility index (Phi) is 3.98. The van der Waals surface area contributed by atoms with Gasteiger partial charge < -0.3 is 25.2 Å². The Morgan fingerprint density at radius 1 is 1.37 bits per heavy atom. The van der Waals surface area contributed by atoms with Gasteiger partial charge in [0, 0.05) is 19.2 Å². The highest BCUT2D eigenvalue weighted by Gasteiger charge is 2.14. The minimum atomic E-state index is -0.236. The van der Waals surface area contributed by atoms with Gasteiger partial charge in [-0.2, -0.15) is 4.98 Å². The van der Waals surface area contributed by atoms with Crippen LogP contribution in [0.15, 0.2) is 22.7 Å². The molecule has 0 saturated heterocycles. The second-order valence-electron chi connectivity index (χ2n) is 4.01. The number of nitrogens with zero attached hydrogens (tertiary/aromatic N) is 2. The highest BCUT2D eigenvalue weighted by atomic mass is 16.5. The summed E-state index contributed by atoms with van der Waals surface area (Å²) in [6.07, 6.45) is 0.242. The van der Waals surface area contributed by atoms with Crippen LogP contribution in [0.4, 0.5) is 0 Å². The maximum atomic E-state index is 9.42. The third kappa shape index (κ3) is 3.01. The van der Waals surface area contributed by atoms with Gasteiger partial charge in [0.2, 0.25) is 11.7 Å². The molecule has 102 valence electrons. The van der Waals surface area contributed by atoms with E-state index in [0.29, 0.717) is 30.2 Å². The first-order valence-corrected chi connectivity index (χ1v) is 5.72. The van der Waals surface area contributed by atoms with Crippen LogP contribution in [-0.4, -0.2) is 40.1 Å². The molecule has 7 heteroatoms. The average Bonchev–Trinajstić information content (AvgIpc) is 2.87. The van der Waals surface area contributed by atoms with E-state index in [4.69, 9.17) is 15.0 Å². The minimum Gasteiger partial charge on any atom is -0.504 e. The van der Waals surface area contributed by atoms with Crippen molar-refractivity contribution in [1.29, 1.82) is 0 Å². The van der Waals surface area contributed by atoms with Crippen LogP contribution in [0, 0.1) is 0 Å². The summed E-state index contributed by atoms with van der Waals surface area (Å²) in [5.74, 6) is 0.299. The Bertz CT molecular complexity index is 552. The highest BCUT2D eigenvalue weighted by Crippen LogP contribution is 2.29. The van der Waals surface area contributed by atoms with E-state index in [1.165, 1.54) is 12.1 Å². The molecule has 0 aliphatic heterocycles. The van der Waals surface area contributed by atoms with Gasteiger partial charge in [-0.3, -0.25) is 0 Å². The van der Waals surface area contributed by atoms with Crippen LogP contribution in [0.3, 0.4) is 0 Å². The summed E-state index contributed by atoms with van der Waals surface area (Å²) in [4.78, 5) is 4.18. The molecule has 19 heavy (non-hydrogen) atoms. The van der Waals surface area contributed by atoms with Crippen LogP contribution in [-0.2, 0) is 11.2 Å². The van der Waals surface area contributed by atoms with E-state index in [2.05, 4.69) is 10.1 Å². The lowest BCUT2D eigenvalue weighted by atomic mass is 10.2. The zero-order valence-corrected chi connectivity index (χ0v) is 10.4. The van der Waals surface area contributed by atoms with Gasteiger partial charge in [0.25, 0.3) is 0 Å². The Labute approximate surface area is 109 Å². The molecule has 0 bridgehead atoms. The Morgan fingerprint density at radius 3 is 2.79 bits per heavy atom. The quantitative estimate of drug-likeness (QED) is 0.680. The van der Waals surface area contributed by atoms with Crippen LogP contribution >= 0.6 is 0 Å². The monoisotopic (exact) mass is 265 g/mol. The van der Waals surface area contributed by atoms with Gasteiger partial charge in [-0.25, -0.2) is 0 Å². The van der Waals surface area contributed by atoms with Crippen LogP contribution in [0.1, 0.15) is 5.89 Å². The van der Waals surface area contributed by atoms with E-state index in [9.17, 15) is 10.2 Å². The van der Waals surface area contributed by atoms with E-state index in [1.807, 2.05) is 0 Å². The third-order valence-electron chi connectivity index (χ3n) is 2.70. The van der Waals surface area contributed by atoms with Crippen LogP contribution in [0.5, 0.6) is 11.5 Å². The van der Waals surface area contributed by atoms with Gasteiger partial charge in [-0.15, -0.1) is 0 Å². The lowest BCUT2D eigenvalue weighted by molar-refractivity contribution is 0.102. The largest absolute Gasteiger partial charge is 0.504 e. The lowest BCUT2D eigenvalue weighted by Crippen LogP contribution is -2.24. The van der Waals surface area contributed by atoms with Crippen molar-refractivity contribution < 1.29 is 19.5 Å². The fourth-order valence-electron chi connectivity index (χ4n) is 1.58. The molecule has 0 spiro atoms. The fourth-order valence-corrected chi connectivity index (χ4v) is 1.58. The SMILES string of the molecule is COC(CN)Cc1nc(-c2ccc(O)c(O)c2)no1. The van der Waals surface area contributed by atoms with Crippen LogP contribution in [0.2, 0.25) is 0 Å². The summed E-state index contributed by atoms with van der Waals surface area (Å²) < 4.78 is 10.2. The van der Waals surface area contributed by atoms with Gasteiger partial charge in [0.15, 0.2) is 11.5 Å². The number of phenols is 2. The number of nitrogens with two attached hydrogens (primary N) is 1. The molecule has 2 rings (SSSR count). The summed E-state index contributed by atoms with van der Waals surface area (Å²) >= 11 is 0. The normalized spacial score (nSPS) is 12.5. The zero-order chi connectivity index (χ0) is 13.8. The zero-order valence-electron chi connectivity index (χ0n) is 10.4. The Morgan fingerprint density at radius 2 is 2.16 bits per heavy atom. The number of hydrogen-bond donors (Lipinski definition) is 3. The number of aromatic hydroxyl groups is 2. The molecule has 1 unspecified atom stereocenters. The molecule has 0 fully saturated rings. The summed E-state index contributed by atoms with van der Waals surface area (Å²) in [5, 5.41) is 22.5. The molecular formula is C12H15N3O4. The standard InChI is InChI=1S/C12H15N3O4/c1-18-8(6-13)5-11-14-12(15-19-11)7-2-3-9(16)10(17)4-7/h2-4,8,16-17H,5-6,13H2,1H3. The van der Waals surface area contributed by atoms with Crippen LogP contribution < -0.4 is 5.73 Å². The third-order valence-corrected chi connectivity index (χ3v) is 2.70. The molecule has 1 atom stereocenters. The van der Waals surface area contributed by atoms with Crippen LogP contribution in [0.25, 0.3) is 11.4 Å². The van der Waals surface area contributed by atoms with Crippen molar-refractivity contribution in [2.24, 2.45) is 5.73 Å². The number of methoxy groups -OCH3 is 1. The molecule has 0 saturated carbocycles. The molecule has 1 aromatic carbocycles. The second kappa shape index (κ2) is 5.68. The fraction of sp³-hybridized carbons (Fsp3) is 0.333. The van der Waals surface area contributed by atoms with E-state index >= 15 is 0 Å². The Hall–Kier alpha value is -2.12. The van der Waals surface area contributed by atoms with Gasteiger partial charge in [0.05, 0.1) is 12.5 Å². The average molecular weight is 265 g/mol.